The molecule has 1 aliphatic heterocycles. The summed E-state index contributed by atoms with van der Waals surface area (Å²) in [6, 6.07) is 13.4. The standard InChI is InChI=1S/C30H36ClFN2O4S/c1-37-21-5-3-6-23(17-21)39-16-4-13-34-14-11-30(12-15-34,19-28(35)36)10-9-26(32)29-24-18-22(38-2)7-8-27(24)33-20-25(29)31/h3,5-8,17-18,20,26H,4,9-16,19H2,1-2H3,(H,35,36)/t26-/m0/s1. The Balaban J connectivity index is 1.33. The Bertz CT molecular complexity index is 1270. The molecule has 4 rings (SSSR count). The van der Waals surface area contributed by atoms with E-state index in [0.29, 0.717) is 28.6 Å². The molecule has 1 saturated heterocycles. The van der Waals surface area contributed by atoms with Crippen molar-refractivity contribution in [3.63, 3.8) is 0 Å². The van der Waals surface area contributed by atoms with E-state index in [-0.39, 0.29) is 17.9 Å². The van der Waals surface area contributed by atoms with Gasteiger partial charge in [0, 0.05) is 22.0 Å². The van der Waals surface area contributed by atoms with Crippen LogP contribution in [0.5, 0.6) is 11.5 Å². The number of hydrogen-bond donors (Lipinski definition) is 1. The number of fused-ring (bicyclic) bond motifs is 1. The first-order valence-electron chi connectivity index (χ1n) is 13.3. The number of piperidine rings is 1. The minimum atomic E-state index is -1.33. The van der Waals surface area contributed by atoms with E-state index in [0.717, 1.165) is 50.4 Å². The lowest BCUT2D eigenvalue weighted by Gasteiger charge is -2.41. The van der Waals surface area contributed by atoms with Crippen LogP contribution < -0.4 is 9.47 Å². The summed E-state index contributed by atoms with van der Waals surface area (Å²) in [6.45, 7) is 2.61. The summed E-state index contributed by atoms with van der Waals surface area (Å²) in [5.74, 6) is 1.64. The molecule has 1 aromatic heterocycles. The Labute approximate surface area is 238 Å². The van der Waals surface area contributed by atoms with Gasteiger partial charge in [-0.15, -0.1) is 11.8 Å². The third-order valence-corrected chi connectivity index (χ3v) is 9.06. The predicted octanol–water partition coefficient (Wildman–Crippen LogP) is 7.44. The molecule has 1 atom stereocenters. The monoisotopic (exact) mass is 574 g/mol. The van der Waals surface area contributed by atoms with E-state index in [4.69, 9.17) is 21.1 Å². The van der Waals surface area contributed by atoms with E-state index in [1.54, 1.807) is 32.4 Å². The number of likely N-dealkylation sites (tertiary alicyclic amines) is 1. The molecule has 1 fully saturated rings. The number of aromatic nitrogens is 1. The zero-order chi connectivity index (χ0) is 27.8. The Morgan fingerprint density at radius 2 is 1.92 bits per heavy atom. The largest absolute Gasteiger partial charge is 0.497 e. The molecular weight excluding hydrogens is 539 g/mol. The number of thioether (sulfide) groups is 1. The van der Waals surface area contributed by atoms with Crippen molar-refractivity contribution in [2.24, 2.45) is 5.41 Å². The number of carboxylic acids is 1. The Morgan fingerprint density at radius 1 is 1.18 bits per heavy atom. The third kappa shape index (κ3) is 7.77. The van der Waals surface area contributed by atoms with Crippen LogP contribution in [0.2, 0.25) is 5.02 Å². The lowest BCUT2D eigenvalue weighted by Crippen LogP contribution is -2.41. The smallest absolute Gasteiger partial charge is 0.303 e. The molecule has 1 N–H and O–H groups in total. The van der Waals surface area contributed by atoms with E-state index in [1.165, 1.54) is 11.1 Å². The van der Waals surface area contributed by atoms with Crippen molar-refractivity contribution >= 4 is 40.2 Å². The van der Waals surface area contributed by atoms with Crippen LogP contribution in [-0.4, -0.2) is 60.6 Å². The van der Waals surface area contributed by atoms with Gasteiger partial charge < -0.3 is 19.5 Å². The molecule has 0 amide bonds. The lowest BCUT2D eigenvalue weighted by atomic mass is 9.71. The summed E-state index contributed by atoms with van der Waals surface area (Å²) >= 11 is 8.23. The number of pyridine rings is 1. The molecule has 0 spiro atoms. The van der Waals surface area contributed by atoms with Crippen LogP contribution >= 0.6 is 23.4 Å². The van der Waals surface area contributed by atoms with Crippen LogP contribution in [-0.2, 0) is 4.79 Å². The summed E-state index contributed by atoms with van der Waals surface area (Å²) in [4.78, 5) is 19.7. The van der Waals surface area contributed by atoms with Crippen LogP contribution in [0.3, 0.4) is 0 Å². The average Bonchev–Trinajstić information content (AvgIpc) is 2.94. The average molecular weight is 575 g/mol. The number of ether oxygens (including phenoxy) is 2. The van der Waals surface area contributed by atoms with Crippen molar-refractivity contribution in [3.8, 4) is 11.5 Å². The second kappa shape index (κ2) is 13.7. The SMILES string of the molecule is COc1cccc(SCCCN2CCC(CC[C@H](F)c3c(Cl)cnc4ccc(OC)cc34)(CC(=O)O)CC2)c1. The number of hydrogen-bond acceptors (Lipinski definition) is 6. The maximum absolute atomic E-state index is 15.8. The minimum Gasteiger partial charge on any atom is -0.497 e. The van der Waals surface area contributed by atoms with E-state index in [2.05, 4.69) is 16.0 Å². The minimum absolute atomic E-state index is 0.0535. The molecule has 0 aliphatic carbocycles. The third-order valence-electron chi connectivity index (χ3n) is 7.68. The van der Waals surface area contributed by atoms with Crippen LogP contribution in [0.25, 0.3) is 10.9 Å². The summed E-state index contributed by atoms with van der Waals surface area (Å²) < 4.78 is 26.4. The second-order valence-electron chi connectivity index (χ2n) is 10.2. The van der Waals surface area contributed by atoms with Gasteiger partial charge in [-0.25, -0.2) is 4.39 Å². The van der Waals surface area contributed by atoms with Gasteiger partial charge in [-0.05, 0) is 99.3 Å². The number of nitrogens with zero attached hydrogens (tertiary/aromatic N) is 2. The molecule has 9 heteroatoms. The first-order valence-corrected chi connectivity index (χ1v) is 14.7. The number of alkyl halides is 1. The zero-order valence-electron chi connectivity index (χ0n) is 22.5. The summed E-state index contributed by atoms with van der Waals surface area (Å²) in [6.07, 6.45) is 3.44. The fraction of sp³-hybridized carbons (Fsp3) is 0.467. The topological polar surface area (TPSA) is 71.9 Å². The highest BCUT2D eigenvalue weighted by Gasteiger charge is 2.37. The normalized spacial score (nSPS) is 16.2. The highest BCUT2D eigenvalue weighted by molar-refractivity contribution is 7.99. The zero-order valence-corrected chi connectivity index (χ0v) is 24.1. The van der Waals surface area contributed by atoms with Gasteiger partial charge in [-0.3, -0.25) is 9.78 Å². The van der Waals surface area contributed by atoms with Gasteiger partial charge in [0.2, 0.25) is 0 Å². The van der Waals surface area contributed by atoms with Gasteiger partial charge in [0.05, 0.1) is 31.2 Å². The summed E-state index contributed by atoms with van der Waals surface area (Å²) in [7, 11) is 3.24. The molecule has 0 unspecified atom stereocenters. The van der Waals surface area contributed by atoms with Crippen molar-refractivity contribution in [1.29, 1.82) is 0 Å². The number of carbonyl (C=O) groups is 1. The fourth-order valence-corrected chi connectivity index (χ4v) is 6.60. The maximum atomic E-state index is 15.8. The number of methoxy groups -OCH3 is 2. The van der Waals surface area contributed by atoms with Crippen LogP contribution in [0.1, 0.15) is 50.3 Å². The van der Waals surface area contributed by atoms with Crippen molar-refractivity contribution in [2.75, 3.05) is 39.6 Å². The quantitative estimate of drug-likeness (QED) is 0.168. The van der Waals surface area contributed by atoms with E-state index in [1.807, 2.05) is 30.0 Å². The molecular formula is C30H36ClFN2O4S. The second-order valence-corrected chi connectivity index (χ2v) is 11.8. The van der Waals surface area contributed by atoms with Crippen LogP contribution in [0.15, 0.2) is 53.6 Å². The summed E-state index contributed by atoms with van der Waals surface area (Å²) in [5.41, 5.74) is 0.627. The molecule has 0 saturated carbocycles. The molecule has 0 bridgehead atoms. The number of rotatable bonds is 13. The Morgan fingerprint density at radius 3 is 2.64 bits per heavy atom. The van der Waals surface area contributed by atoms with E-state index >= 15 is 4.39 Å². The van der Waals surface area contributed by atoms with Gasteiger partial charge in [-0.1, -0.05) is 17.7 Å². The molecule has 1 aliphatic rings. The molecule has 2 heterocycles. The molecule has 6 nitrogen and oxygen atoms in total. The highest BCUT2D eigenvalue weighted by Crippen LogP contribution is 2.44. The molecule has 39 heavy (non-hydrogen) atoms. The van der Waals surface area contributed by atoms with Gasteiger partial charge in [-0.2, -0.15) is 0 Å². The van der Waals surface area contributed by atoms with Gasteiger partial charge in [0.15, 0.2) is 0 Å². The maximum Gasteiger partial charge on any atom is 0.303 e. The number of benzene rings is 2. The van der Waals surface area contributed by atoms with E-state index in [9.17, 15) is 9.90 Å². The first-order chi connectivity index (χ1) is 18.8. The Hall–Kier alpha value is -2.55. The van der Waals surface area contributed by atoms with E-state index < -0.39 is 17.6 Å². The first kappa shape index (κ1) is 29.4. The Kier molecular flexibility index (Phi) is 10.3. The molecule has 0 radical (unpaired) electrons. The lowest BCUT2D eigenvalue weighted by molar-refractivity contribution is -0.141. The van der Waals surface area contributed by atoms with Gasteiger partial charge in [0.25, 0.3) is 0 Å². The van der Waals surface area contributed by atoms with Crippen molar-refractivity contribution < 1.29 is 23.8 Å². The van der Waals surface area contributed by atoms with Gasteiger partial charge in [0.1, 0.15) is 17.7 Å². The number of aliphatic carboxylic acids is 1. The van der Waals surface area contributed by atoms with Gasteiger partial charge >= 0.3 is 5.97 Å². The molecule has 3 aromatic rings. The van der Waals surface area contributed by atoms with Crippen LogP contribution in [0.4, 0.5) is 4.39 Å². The molecule has 2 aromatic carbocycles. The van der Waals surface area contributed by atoms with Crippen molar-refractivity contribution in [2.45, 2.75) is 49.6 Å². The predicted molar refractivity (Wildman–Crippen MR) is 155 cm³/mol. The van der Waals surface area contributed by atoms with Crippen molar-refractivity contribution in [1.82, 2.24) is 9.88 Å². The summed E-state index contributed by atoms with van der Waals surface area (Å²) in [5, 5.41) is 10.6. The number of carboxylic acid groups (broad SMARTS) is 1. The van der Waals surface area contributed by atoms with Crippen LogP contribution in [0, 0.1) is 5.41 Å². The fourth-order valence-electron chi connectivity index (χ4n) is 5.45. The number of halogens is 2. The molecule has 210 valence electrons. The van der Waals surface area contributed by atoms with Crippen molar-refractivity contribution in [3.05, 3.63) is 59.2 Å². The highest BCUT2D eigenvalue weighted by atomic mass is 35.5.